The van der Waals surface area contributed by atoms with Crippen molar-refractivity contribution in [1.29, 1.82) is 0 Å². The summed E-state index contributed by atoms with van der Waals surface area (Å²) in [6.45, 7) is 0. The number of fused-ring (bicyclic) bond motifs is 1. The molecular weight excluding hydrogens is 965 g/mol. The van der Waals surface area contributed by atoms with Crippen LogP contribution >= 0.6 is 0 Å². The molecule has 80 heavy (non-hydrogen) atoms. The van der Waals surface area contributed by atoms with Crippen LogP contribution < -0.4 is 9.80 Å². The molecule has 12 rings (SSSR count). The summed E-state index contributed by atoms with van der Waals surface area (Å²) in [6, 6.07) is 108. The van der Waals surface area contributed by atoms with Crippen LogP contribution in [0.2, 0.25) is 0 Å². The van der Waals surface area contributed by atoms with Crippen molar-refractivity contribution in [2.75, 3.05) is 9.80 Å². The quantitative estimate of drug-likeness (QED) is 0.0890. The zero-order valence-corrected chi connectivity index (χ0v) is 44.4. The van der Waals surface area contributed by atoms with Gasteiger partial charge < -0.3 is 9.80 Å². The predicted molar refractivity (Wildman–Crippen MR) is 346 cm³/mol. The monoisotopic (exact) mass is 1020 g/mol. The fourth-order valence-corrected chi connectivity index (χ4v) is 10.3. The summed E-state index contributed by atoms with van der Waals surface area (Å²) in [5.41, 5.74) is 20.5. The van der Waals surface area contributed by atoms with Crippen molar-refractivity contribution in [3.05, 3.63) is 348 Å². The fraction of sp³-hybridized carbons (Fsp3) is 0. The zero-order valence-electron chi connectivity index (χ0n) is 44.4. The predicted octanol–water partition coefficient (Wildman–Crippen LogP) is 21.8. The summed E-state index contributed by atoms with van der Waals surface area (Å²) in [4.78, 5) is 4.68. The minimum atomic E-state index is 1.08. The molecule has 0 amide bonds. The van der Waals surface area contributed by atoms with E-state index >= 15 is 0 Å². The molecule has 12 aromatic rings. The lowest BCUT2D eigenvalue weighted by molar-refractivity contribution is 1.28. The van der Waals surface area contributed by atoms with Crippen molar-refractivity contribution >= 4 is 93.5 Å². The molecule has 12 aromatic carbocycles. The Kier molecular flexibility index (Phi) is 15.2. The second-order valence-electron chi connectivity index (χ2n) is 19.8. The molecule has 2 heteroatoms. The lowest BCUT2D eigenvalue weighted by Crippen LogP contribution is -2.09. The molecule has 0 bridgehead atoms. The van der Waals surface area contributed by atoms with Gasteiger partial charge in [-0.25, -0.2) is 0 Å². The molecule has 0 saturated heterocycles. The molecule has 0 saturated carbocycles. The van der Waals surface area contributed by atoms with E-state index in [-0.39, 0.29) is 0 Å². The van der Waals surface area contributed by atoms with E-state index in [1.807, 2.05) is 24.3 Å². The third-order valence-corrected chi connectivity index (χ3v) is 14.5. The van der Waals surface area contributed by atoms with Gasteiger partial charge in [0.15, 0.2) is 0 Å². The number of rotatable bonds is 16. The molecule has 0 radical (unpaired) electrons. The minimum Gasteiger partial charge on any atom is -0.311 e. The van der Waals surface area contributed by atoms with Crippen LogP contribution in [0.3, 0.4) is 0 Å². The van der Waals surface area contributed by atoms with Gasteiger partial charge in [-0.15, -0.1) is 0 Å². The first-order valence-corrected chi connectivity index (χ1v) is 27.3. The van der Waals surface area contributed by atoms with Crippen LogP contribution in [0.1, 0.15) is 44.5 Å². The number of nitrogens with zero attached hydrogens (tertiary/aromatic N) is 2. The topological polar surface area (TPSA) is 6.48 Å². The summed E-state index contributed by atoms with van der Waals surface area (Å²) in [5.74, 6) is 0. The second kappa shape index (κ2) is 24.2. The van der Waals surface area contributed by atoms with Crippen molar-refractivity contribution in [1.82, 2.24) is 0 Å². The van der Waals surface area contributed by atoms with Gasteiger partial charge in [0, 0.05) is 34.1 Å². The highest BCUT2D eigenvalue weighted by Gasteiger charge is 2.17. The average Bonchev–Trinajstić information content (AvgIpc) is 3.56. The van der Waals surface area contributed by atoms with Gasteiger partial charge in [0.25, 0.3) is 0 Å². The minimum absolute atomic E-state index is 1.08. The molecule has 380 valence electrons. The molecule has 2 nitrogen and oxygen atoms in total. The molecule has 0 aliphatic carbocycles. The van der Waals surface area contributed by atoms with E-state index < -0.39 is 0 Å². The van der Waals surface area contributed by atoms with Gasteiger partial charge in [0.2, 0.25) is 0 Å². The Bertz CT molecular complexity index is 3610. The van der Waals surface area contributed by atoms with Gasteiger partial charge in [0.1, 0.15) is 0 Å². The molecule has 0 aliphatic rings. The SMILES string of the molecule is C(=C\c1ccc(N(c2ccc(/C=C/c3ccccc3)cc2)c2ccc(-c3cccc4c(-c5ccc(N(c6ccc(/C=C/c7ccccc7)cc6)c6ccc(/C=C/c7ccccc7)cc6)cc5)cccc34)cc2)cc1)/c1ccccc1. The Hall–Kier alpha value is -10.5. The van der Waals surface area contributed by atoms with Crippen molar-refractivity contribution in [2.24, 2.45) is 0 Å². The van der Waals surface area contributed by atoms with Gasteiger partial charge in [-0.1, -0.05) is 279 Å². The summed E-state index contributed by atoms with van der Waals surface area (Å²) < 4.78 is 0. The summed E-state index contributed by atoms with van der Waals surface area (Å²) in [7, 11) is 0. The van der Waals surface area contributed by atoms with E-state index in [1.165, 1.54) is 44.2 Å². The van der Waals surface area contributed by atoms with Gasteiger partial charge in [0.05, 0.1) is 0 Å². The van der Waals surface area contributed by atoms with Gasteiger partial charge in [-0.05, 0) is 150 Å². The van der Waals surface area contributed by atoms with E-state index in [0.717, 1.165) is 67.5 Å². The first-order valence-electron chi connectivity index (χ1n) is 27.3. The fourth-order valence-electron chi connectivity index (χ4n) is 10.3. The first-order chi connectivity index (χ1) is 39.6. The number of hydrogen-bond donors (Lipinski definition) is 0. The van der Waals surface area contributed by atoms with Gasteiger partial charge in [-0.2, -0.15) is 0 Å². The Morgan fingerprint density at radius 1 is 0.163 bits per heavy atom. The van der Waals surface area contributed by atoms with Gasteiger partial charge >= 0.3 is 0 Å². The standard InChI is InChI=1S/C78H58N2/c1-5-15-59(16-6-1)27-31-63-35-47-69(48-36-63)79(70-49-37-64(38-50-70)32-28-60-17-7-2-8-18-60)73-55-43-67(44-56-73)75-23-13-26-78-76(24-14-25-77(75)78)68-45-57-74(58-46-68)80(71-51-39-65(40-52-71)33-29-61-19-9-3-10-20-61)72-53-41-66(42-54-72)34-30-62-21-11-4-12-22-62/h1-58H/b31-27+,32-28+,33-29+,34-30+. The van der Waals surface area contributed by atoms with Crippen LogP contribution in [0.4, 0.5) is 34.1 Å². The lowest BCUT2D eigenvalue weighted by Gasteiger charge is -2.26. The molecule has 0 N–H and O–H groups in total. The van der Waals surface area contributed by atoms with E-state index in [9.17, 15) is 0 Å². The van der Waals surface area contributed by atoms with E-state index in [2.05, 4.69) is 337 Å². The van der Waals surface area contributed by atoms with Crippen LogP contribution in [0, 0.1) is 0 Å². The highest BCUT2D eigenvalue weighted by atomic mass is 15.1. The normalized spacial score (nSPS) is 11.6. The molecule has 0 fully saturated rings. The molecular formula is C78H58N2. The lowest BCUT2D eigenvalue weighted by atomic mass is 9.92. The highest BCUT2D eigenvalue weighted by Crippen LogP contribution is 2.41. The summed E-state index contributed by atoms with van der Waals surface area (Å²) in [5, 5.41) is 2.42. The largest absolute Gasteiger partial charge is 0.311 e. The third-order valence-electron chi connectivity index (χ3n) is 14.5. The number of anilines is 6. The van der Waals surface area contributed by atoms with E-state index in [4.69, 9.17) is 0 Å². The summed E-state index contributed by atoms with van der Waals surface area (Å²) >= 11 is 0. The molecule has 0 aliphatic heterocycles. The Morgan fingerprint density at radius 2 is 0.362 bits per heavy atom. The van der Waals surface area contributed by atoms with Crippen molar-refractivity contribution in [3.63, 3.8) is 0 Å². The van der Waals surface area contributed by atoms with Crippen molar-refractivity contribution < 1.29 is 0 Å². The number of benzene rings is 12. The Labute approximate surface area is 470 Å². The highest BCUT2D eigenvalue weighted by molar-refractivity contribution is 6.05. The molecule has 0 aromatic heterocycles. The van der Waals surface area contributed by atoms with E-state index in [1.54, 1.807) is 0 Å². The maximum absolute atomic E-state index is 2.34. The maximum atomic E-state index is 2.34. The molecule has 0 spiro atoms. The number of hydrogen-bond acceptors (Lipinski definition) is 2. The second-order valence-corrected chi connectivity index (χ2v) is 19.8. The van der Waals surface area contributed by atoms with Gasteiger partial charge in [-0.3, -0.25) is 0 Å². The maximum Gasteiger partial charge on any atom is 0.0462 e. The molecule has 0 heterocycles. The Morgan fingerprint density at radius 3 is 0.588 bits per heavy atom. The van der Waals surface area contributed by atoms with Crippen LogP contribution in [0.15, 0.2) is 303 Å². The molecule has 0 atom stereocenters. The molecule has 0 unspecified atom stereocenters. The van der Waals surface area contributed by atoms with Crippen molar-refractivity contribution in [3.8, 4) is 22.3 Å². The average molecular weight is 1020 g/mol. The van der Waals surface area contributed by atoms with Crippen LogP contribution in [-0.2, 0) is 0 Å². The van der Waals surface area contributed by atoms with Crippen LogP contribution in [0.5, 0.6) is 0 Å². The smallest absolute Gasteiger partial charge is 0.0462 e. The van der Waals surface area contributed by atoms with Crippen LogP contribution in [-0.4, -0.2) is 0 Å². The third kappa shape index (κ3) is 12.0. The first kappa shape index (κ1) is 50.3. The Balaban J connectivity index is 0.834. The zero-order chi connectivity index (χ0) is 53.7. The summed E-state index contributed by atoms with van der Waals surface area (Å²) in [6.07, 6.45) is 17.3. The van der Waals surface area contributed by atoms with E-state index in [0.29, 0.717) is 0 Å². The van der Waals surface area contributed by atoms with Crippen LogP contribution in [0.25, 0.3) is 81.6 Å². The van der Waals surface area contributed by atoms with Crippen molar-refractivity contribution in [2.45, 2.75) is 0 Å².